The van der Waals surface area contributed by atoms with Crippen LogP contribution < -0.4 is 5.48 Å². The van der Waals surface area contributed by atoms with Crippen LogP contribution in [0, 0.1) is 5.92 Å². The average molecular weight is 212 g/mol. The minimum atomic E-state index is -0.277. The molecule has 0 bridgehead atoms. The second kappa shape index (κ2) is 5.04. The molecule has 0 aromatic rings. The fourth-order valence-corrected chi connectivity index (χ4v) is 1.47. The van der Waals surface area contributed by atoms with Gasteiger partial charge < -0.3 is 5.21 Å². The molecule has 15 heavy (non-hydrogen) atoms. The second-order valence-electron chi connectivity index (χ2n) is 3.93. The van der Waals surface area contributed by atoms with Crippen LogP contribution in [0.4, 0.5) is 0 Å². The second-order valence-corrected chi connectivity index (χ2v) is 3.93. The van der Waals surface area contributed by atoms with Crippen LogP contribution in [0.2, 0.25) is 0 Å². The van der Waals surface area contributed by atoms with E-state index in [4.69, 9.17) is 5.21 Å². The van der Waals surface area contributed by atoms with Gasteiger partial charge in [0.1, 0.15) is 0 Å². The van der Waals surface area contributed by atoms with Gasteiger partial charge in [-0.05, 0) is 12.3 Å². The van der Waals surface area contributed by atoms with Crippen molar-refractivity contribution >= 4 is 11.8 Å². The van der Waals surface area contributed by atoms with Crippen molar-refractivity contribution in [2.75, 3.05) is 6.54 Å². The maximum absolute atomic E-state index is 11.2. The smallest absolute Gasteiger partial charge is 0.253 e. The van der Waals surface area contributed by atoms with Crippen LogP contribution in [0.25, 0.3) is 0 Å². The van der Waals surface area contributed by atoms with E-state index in [9.17, 15) is 9.59 Å². The quantitative estimate of drug-likeness (QED) is 0.508. The zero-order chi connectivity index (χ0) is 11.4. The van der Waals surface area contributed by atoms with Gasteiger partial charge in [-0.1, -0.05) is 13.8 Å². The Morgan fingerprint density at radius 2 is 1.87 bits per heavy atom. The molecule has 0 aliphatic carbocycles. The van der Waals surface area contributed by atoms with Gasteiger partial charge in [-0.25, -0.2) is 5.48 Å². The Hall–Kier alpha value is -1.20. The summed E-state index contributed by atoms with van der Waals surface area (Å²) < 4.78 is 0. The Balaban J connectivity index is 2.43. The predicted octanol–water partition coefficient (Wildman–Crippen LogP) is 0.305. The molecule has 1 heterocycles. The SMILES string of the molecule is CC(C)C(CCN1C(=O)C=CC1=O)NO. The van der Waals surface area contributed by atoms with Crippen molar-refractivity contribution in [2.45, 2.75) is 26.3 Å². The molecule has 0 aromatic heterocycles. The zero-order valence-corrected chi connectivity index (χ0v) is 8.93. The van der Waals surface area contributed by atoms with E-state index in [2.05, 4.69) is 5.48 Å². The van der Waals surface area contributed by atoms with E-state index in [1.807, 2.05) is 13.8 Å². The number of hydroxylamine groups is 1. The number of imide groups is 1. The first kappa shape index (κ1) is 11.9. The first-order chi connectivity index (χ1) is 7.06. The average Bonchev–Trinajstić information content (AvgIpc) is 2.49. The van der Waals surface area contributed by atoms with Crippen molar-refractivity contribution in [2.24, 2.45) is 5.92 Å². The summed E-state index contributed by atoms with van der Waals surface area (Å²) in [7, 11) is 0. The molecule has 2 amide bonds. The Labute approximate surface area is 88.7 Å². The lowest BCUT2D eigenvalue weighted by Crippen LogP contribution is -2.38. The molecule has 1 atom stereocenters. The number of hydrogen-bond acceptors (Lipinski definition) is 4. The summed E-state index contributed by atoms with van der Waals surface area (Å²) in [4.78, 5) is 23.6. The van der Waals surface area contributed by atoms with Gasteiger partial charge >= 0.3 is 0 Å². The first-order valence-electron chi connectivity index (χ1n) is 4.99. The molecule has 0 radical (unpaired) electrons. The Morgan fingerprint density at radius 3 is 2.27 bits per heavy atom. The lowest BCUT2D eigenvalue weighted by molar-refractivity contribution is -0.137. The van der Waals surface area contributed by atoms with E-state index in [1.54, 1.807) is 0 Å². The fraction of sp³-hybridized carbons (Fsp3) is 0.600. The number of amides is 2. The fourth-order valence-electron chi connectivity index (χ4n) is 1.47. The number of rotatable bonds is 5. The summed E-state index contributed by atoms with van der Waals surface area (Å²) in [6.45, 7) is 4.25. The first-order valence-corrected chi connectivity index (χ1v) is 4.99. The highest BCUT2D eigenvalue weighted by atomic mass is 16.5. The lowest BCUT2D eigenvalue weighted by atomic mass is 10.0. The van der Waals surface area contributed by atoms with E-state index in [1.165, 1.54) is 17.1 Å². The monoisotopic (exact) mass is 212 g/mol. The van der Waals surface area contributed by atoms with Gasteiger partial charge in [0.25, 0.3) is 11.8 Å². The summed E-state index contributed by atoms with van der Waals surface area (Å²) in [5, 5.41) is 8.85. The molecule has 0 spiro atoms. The highest BCUT2D eigenvalue weighted by Gasteiger charge is 2.24. The van der Waals surface area contributed by atoms with Crippen LogP contribution in [0.1, 0.15) is 20.3 Å². The van der Waals surface area contributed by atoms with Crippen LogP contribution in [0.15, 0.2) is 12.2 Å². The van der Waals surface area contributed by atoms with Gasteiger partial charge in [0.2, 0.25) is 0 Å². The molecule has 1 unspecified atom stereocenters. The Morgan fingerprint density at radius 1 is 1.33 bits per heavy atom. The van der Waals surface area contributed by atoms with E-state index in [0.717, 1.165) is 0 Å². The van der Waals surface area contributed by atoms with Crippen LogP contribution in [0.5, 0.6) is 0 Å². The molecular formula is C10H16N2O3. The summed E-state index contributed by atoms with van der Waals surface area (Å²) in [5.41, 5.74) is 2.19. The van der Waals surface area contributed by atoms with Gasteiger partial charge in [0.05, 0.1) is 0 Å². The summed E-state index contributed by atoms with van der Waals surface area (Å²) in [6, 6.07) is -0.105. The molecule has 1 rings (SSSR count). The topological polar surface area (TPSA) is 69.6 Å². The molecule has 5 heteroatoms. The predicted molar refractivity (Wildman–Crippen MR) is 54.0 cm³/mol. The molecule has 1 aliphatic heterocycles. The molecular weight excluding hydrogens is 196 g/mol. The molecule has 5 nitrogen and oxygen atoms in total. The molecule has 0 aromatic carbocycles. The Bertz CT molecular complexity index is 268. The molecule has 84 valence electrons. The van der Waals surface area contributed by atoms with Crippen LogP contribution >= 0.6 is 0 Å². The van der Waals surface area contributed by atoms with E-state index in [0.29, 0.717) is 13.0 Å². The maximum Gasteiger partial charge on any atom is 0.253 e. The van der Waals surface area contributed by atoms with Crippen molar-refractivity contribution in [1.29, 1.82) is 0 Å². The summed E-state index contributed by atoms with van der Waals surface area (Å²) >= 11 is 0. The van der Waals surface area contributed by atoms with Crippen molar-refractivity contribution in [1.82, 2.24) is 10.4 Å². The summed E-state index contributed by atoms with van der Waals surface area (Å²) in [6.07, 6.45) is 3.07. The minimum absolute atomic E-state index is 0.105. The van der Waals surface area contributed by atoms with Crippen LogP contribution in [-0.2, 0) is 9.59 Å². The van der Waals surface area contributed by atoms with Gasteiger partial charge in [-0.15, -0.1) is 0 Å². The number of hydrogen-bond donors (Lipinski definition) is 2. The normalized spacial score (nSPS) is 18.0. The van der Waals surface area contributed by atoms with Gasteiger partial charge in [-0.3, -0.25) is 14.5 Å². The van der Waals surface area contributed by atoms with Crippen molar-refractivity contribution in [3.8, 4) is 0 Å². The minimum Gasteiger partial charge on any atom is -0.317 e. The molecule has 0 saturated carbocycles. The number of nitrogens with one attached hydrogen (secondary N) is 1. The van der Waals surface area contributed by atoms with E-state index >= 15 is 0 Å². The molecule has 0 saturated heterocycles. The third kappa shape index (κ3) is 2.87. The van der Waals surface area contributed by atoms with Crippen LogP contribution in [-0.4, -0.2) is 34.5 Å². The van der Waals surface area contributed by atoms with Gasteiger partial charge in [0, 0.05) is 24.7 Å². The van der Waals surface area contributed by atoms with Crippen molar-refractivity contribution < 1.29 is 14.8 Å². The molecule has 0 fully saturated rings. The van der Waals surface area contributed by atoms with E-state index < -0.39 is 0 Å². The number of carbonyl (C=O) groups is 2. The lowest BCUT2D eigenvalue weighted by Gasteiger charge is -2.21. The summed E-state index contributed by atoms with van der Waals surface area (Å²) in [5.74, 6) is -0.309. The molecule has 1 aliphatic rings. The van der Waals surface area contributed by atoms with Crippen molar-refractivity contribution in [3.05, 3.63) is 12.2 Å². The van der Waals surface area contributed by atoms with Gasteiger partial charge in [0.15, 0.2) is 0 Å². The standard InChI is InChI=1S/C10H16N2O3/c1-7(2)8(11-15)5-6-12-9(13)3-4-10(12)14/h3-4,7-8,11,15H,5-6H2,1-2H3. The molecule has 2 N–H and O–H groups in total. The third-order valence-corrected chi connectivity index (χ3v) is 2.53. The highest BCUT2D eigenvalue weighted by molar-refractivity contribution is 6.12. The largest absolute Gasteiger partial charge is 0.317 e. The third-order valence-electron chi connectivity index (χ3n) is 2.53. The van der Waals surface area contributed by atoms with Crippen molar-refractivity contribution in [3.63, 3.8) is 0 Å². The highest BCUT2D eigenvalue weighted by Crippen LogP contribution is 2.09. The van der Waals surface area contributed by atoms with Crippen LogP contribution in [0.3, 0.4) is 0 Å². The number of nitrogens with zero attached hydrogens (tertiary/aromatic N) is 1. The Kier molecular flexibility index (Phi) is 3.99. The number of carbonyl (C=O) groups excluding carboxylic acids is 2. The zero-order valence-electron chi connectivity index (χ0n) is 8.93. The van der Waals surface area contributed by atoms with Gasteiger partial charge in [-0.2, -0.15) is 0 Å². The van der Waals surface area contributed by atoms with E-state index in [-0.39, 0.29) is 23.8 Å². The maximum atomic E-state index is 11.2.